The molecule has 0 aliphatic rings. The predicted molar refractivity (Wildman–Crippen MR) is 49.7 cm³/mol. The molecule has 0 aromatic heterocycles. The van der Waals surface area contributed by atoms with E-state index < -0.39 is 0 Å². The summed E-state index contributed by atoms with van der Waals surface area (Å²) in [6, 6.07) is 3.42. The van der Waals surface area contributed by atoms with Crippen LogP contribution in [-0.2, 0) is 6.54 Å². The number of hydrogen-bond donors (Lipinski definition) is 1. The smallest absolute Gasteiger partial charge is 0.142 e. The molecule has 0 unspecified atom stereocenters. The van der Waals surface area contributed by atoms with Crippen molar-refractivity contribution in [3.05, 3.63) is 32.5 Å². The van der Waals surface area contributed by atoms with Crippen LogP contribution < -0.4 is 5.73 Å². The van der Waals surface area contributed by atoms with Crippen molar-refractivity contribution in [2.24, 2.45) is 5.73 Å². The maximum Gasteiger partial charge on any atom is 0.142 e. The highest BCUT2D eigenvalue weighted by molar-refractivity contribution is 9.13. The highest BCUT2D eigenvalue weighted by Gasteiger charge is 2.07. The van der Waals surface area contributed by atoms with E-state index in [1.54, 1.807) is 12.1 Å². The van der Waals surface area contributed by atoms with E-state index in [1.807, 2.05) is 0 Å². The lowest BCUT2D eigenvalue weighted by Crippen LogP contribution is -2.00. The van der Waals surface area contributed by atoms with E-state index in [1.165, 1.54) is 0 Å². The Morgan fingerprint density at radius 1 is 1.36 bits per heavy atom. The average molecular weight is 283 g/mol. The number of nitrogens with two attached hydrogens (primary N) is 1. The van der Waals surface area contributed by atoms with Gasteiger partial charge < -0.3 is 5.73 Å². The zero-order valence-corrected chi connectivity index (χ0v) is 8.75. The summed E-state index contributed by atoms with van der Waals surface area (Å²) in [5.74, 6) is -0.290. The summed E-state index contributed by atoms with van der Waals surface area (Å²) in [4.78, 5) is 0. The number of hydrogen-bond acceptors (Lipinski definition) is 1. The SMILES string of the molecule is NCc1ccc(Br)c(Br)c1F. The maximum atomic E-state index is 13.1. The van der Waals surface area contributed by atoms with Crippen LogP contribution in [0.3, 0.4) is 0 Å². The van der Waals surface area contributed by atoms with Crippen molar-refractivity contribution in [3.8, 4) is 0 Å². The third kappa shape index (κ3) is 1.80. The Morgan fingerprint density at radius 3 is 2.55 bits per heavy atom. The Morgan fingerprint density at radius 2 is 2.00 bits per heavy atom. The third-order valence-corrected chi connectivity index (χ3v) is 3.30. The van der Waals surface area contributed by atoms with E-state index in [2.05, 4.69) is 31.9 Å². The zero-order chi connectivity index (χ0) is 8.43. The van der Waals surface area contributed by atoms with Crippen LogP contribution in [0.15, 0.2) is 21.1 Å². The summed E-state index contributed by atoms with van der Waals surface area (Å²) in [6.45, 7) is 0.220. The first kappa shape index (κ1) is 9.16. The molecule has 1 aromatic carbocycles. The Balaban J connectivity index is 3.25. The van der Waals surface area contributed by atoms with Crippen molar-refractivity contribution >= 4 is 31.9 Å². The molecule has 2 N–H and O–H groups in total. The van der Waals surface area contributed by atoms with Crippen LogP contribution in [0.4, 0.5) is 4.39 Å². The van der Waals surface area contributed by atoms with E-state index in [9.17, 15) is 4.39 Å². The Hall–Kier alpha value is 0.0700. The molecule has 0 saturated carbocycles. The molecule has 0 saturated heterocycles. The highest BCUT2D eigenvalue weighted by Crippen LogP contribution is 2.27. The van der Waals surface area contributed by atoms with Crippen molar-refractivity contribution in [2.45, 2.75) is 6.54 Å². The molecule has 0 aliphatic carbocycles. The zero-order valence-electron chi connectivity index (χ0n) is 5.57. The van der Waals surface area contributed by atoms with Gasteiger partial charge in [0.1, 0.15) is 5.82 Å². The van der Waals surface area contributed by atoms with E-state index in [0.717, 1.165) is 0 Å². The van der Waals surface area contributed by atoms with Gasteiger partial charge in [-0.2, -0.15) is 0 Å². The van der Waals surface area contributed by atoms with Gasteiger partial charge in [0.25, 0.3) is 0 Å². The molecule has 0 radical (unpaired) electrons. The van der Waals surface area contributed by atoms with Gasteiger partial charge in [0.2, 0.25) is 0 Å². The fourth-order valence-corrected chi connectivity index (χ4v) is 1.42. The summed E-state index contributed by atoms with van der Waals surface area (Å²) in [5.41, 5.74) is 5.81. The minimum atomic E-state index is -0.290. The molecule has 0 aliphatic heterocycles. The molecular weight excluding hydrogens is 277 g/mol. The van der Waals surface area contributed by atoms with Crippen LogP contribution >= 0.6 is 31.9 Å². The molecule has 11 heavy (non-hydrogen) atoms. The number of benzene rings is 1. The van der Waals surface area contributed by atoms with Crippen molar-refractivity contribution in [1.29, 1.82) is 0 Å². The lowest BCUT2D eigenvalue weighted by atomic mass is 10.2. The van der Waals surface area contributed by atoms with Crippen LogP contribution in [0.25, 0.3) is 0 Å². The predicted octanol–water partition coefficient (Wildman–Crippen LogP) is 2.81. The van der Waals surface area contributed by atoms with Crippen molar-refractivity contribution in [1.82, 2.24) is 0 Å². The lowest BCUT2D eigenvalue weighted by Gasteiger charge is -2.02. The second-order valence-corrected chi connectivity index (χ2v) is 3.69. The summed E-state index contributed by atoms with van der Waals surface area (Å²) >= 11 is 6.27. The molecule has 1 aromatic rings. The Kier molecular flexibility index (Phi) is 3.04. The van der Waals surface area contributed by atoms with Crippen molar-refractivity contribution in [3.63, 3.8) is 0 Å². The van der Waals surface area contributed by atoms with Gasteiger partial charge in [-0.15, -0.1) is 0 Å². The second-order valence-electron chi connectivity index (χ2n) is 2.04. The standard InChI is InChI=1S/C7H6Br2FN/c8-5-2-1-4(3-11)7(10)6(5)9/h1-2H,3,11H2. The molecule has 0 spiro atoms. The van der Waals surface area contributed by atoms with E-state index in [0.29, 0.717) is 14.5 Å². The average Bonchev–Trinajstić information content (AvgIpc) is 2.01. The van der Waals surface area contributed by atoms with E-state index in [-0.39, 0.29) is 12.4 Å². The summed E-state index contributed by atoms with van der Waals surface area (Å²) in [6.07, 6.45) is 0. The van der Waals surface area contributed by atoms with E-state index >= 15 is 0 Å². The molecule has 0 bridgehead atoms. The van der Waals surface area contributed by atoms with Gasteiger partial charge in [0.05, 0.1) is 4.47 Å². The number of rotatable bonds is 1. The van der Waals surface area contributed by atoms with Gasteiger partial charge in [-0.05, 0) is 37.9 Å². The fraction of sp³-hybridized carbons (Fsp3) is 0.143. The topological polar surface area (TPSA) is 26.0 Å². The molecule has 4 heteroatoms. The molecule has 1 nitrogen and oxygen atoms in total. The van der Waals surface area contributed by atoms with Gasteiger partial charge >= 0.3 is 0 Å². The first-order valence-corrected chi connectivity index (χ1v) is 4.58. The minimum absolute atomic E-state index is 0.220. The quantitative estimate of drug-likeness (QED) is 0.788. The van der Waals surface area contributed by atoms with Gasteiger partial charge in [0.15, 0.2) is 0 Å². The Bertz CT molecular complexity index is 275. The van der Waals surface area contributed by atoms with Crippen molar-refractivity contribution in [2.75, 3.05) is 0 Å². The second kappa shape index (κ2) is 3.65. The molecular formula is C7H6Br2FN. The monoisotopic (exact) mass is 281 g/mol. The van der Waals surface area contributed by atoms with E-state index in [4.69, 9.17) is 5.73 Å². The fourth-order valence-electron chi connectivity index (χ4n) is 0.724. The van der Waals surface area contributed by atoms with Gasteiger partial charge in [-0.1, -0.05) is 6.07 Å². The van der Waals surface area contributed by atoms with Crippen molar-refractivity contribution < 1.29 is 4.39 Å². The summed E-state index contributed by atoms with van der Waals surface area (Å²) in [7, 11) is 0. The normalized spacial score (nSPS) is 10.2. The lowest BCUT2D eigenvalue weighted by molar-refractivity contribution is 0.603. The van der Waals surface area contributed by atoms with Gasteiger partial charge in [0, 0.05) is 16.6 Å². The molecule has 0 amide bonds. The molecule has 0 atom stereocenters. The van der Waals surface area contributed by atoms with Crippen LogP contribution in [0.1, 0.15) is 5.56 Å². The van der Waals surface area contributed by atoms with Gasteiger partial charge in [-0.25, -0.2) is 4.39 Å². The molecule has 60 valence electrons. The van der Waals surface area contributed by atoms with Crippen LogP contribution in [-0.4, -0.2) is 0 Å². The van der Waals surface area contributed by atoms with Crippen LogP contribution in [0, 0.1) is 5.82 Å². The largest absolute Gasteiger partial charge is 0.326 e. The third-order valence-electron chi connectivity index (χ3n) is 1.34. The summed E-state index contributed by atoms with van der Waals surface area (Å²) in [5, 5.41) is 0. The number of halogens is 3. The van der Waals surface area contributed by atoms with Crippen LogP contribution in [0.2, 0.25) is 0 Å². The Labute approximate surface area is 81.0 Å². The first-order chi connectivity index (χ1) is 5.16. The summed E-state index contributed by atoms with van der Waals surface area (Å²) < 4.78 is 14.2. The van der Waals surface area contributed by atoms with Crippen LogP contribution in [0.5, 0.6) is 0 Å². The highest BCUT2D eigenvalue weighted by atomic mass is 79.9. The molecule has 0 fully saturated rings. The maximum absolute atomic E-state index is 13.1. The minimum Gasteiger partial charge on any atom is -0.326 e. The molecule has 0 heterocycles. The molecule has 1 rings (SSSR count). The first-order valence-electron chi connectivity index (χ1n) is 2.99. The van der Waals surface area contributed by atoms with Gasteiger partial charge in [-0.3, -0.25) is 0 Å².